The van der Waals surface area contributed by atoms with E-state index in [1.54, 1.807) is 43.3 Å². The van der Waals surface area contributed by atoms with Crippen LogP contribution in [0.25, 0.3) is 0 Å². The fourth-order valence-corrected chi connectivity index (χ4v) is 4.24. The van der Waals surface area contributed by atoms with Crippen molar-refractivity contribution in [2.24, 2.45) is 0 Å². The minimum Gasteiger partial charge on any atom is -0.465 e. The molecule has 2 aliphatic heterocycles. The zero-order valence-corrected chi connectivity index (χ0v) is 16.7. The molecule has 1 saturated heterocycles. The summed E-state index contributed by atoms with van der Waals surface area (Å²) in [7, 11) is 1.29. The van der Waals surface area contributed by atoms with E-state index < -0.39 is 17.5 Å². The molecule has 4 rings (SSSR count). The lowest BCUT2D eigenvalue weighted by molar-refractivity contribution is -0.128. The first kappa shape index (κ1) is 19.6. The number of methoxy groups -OCH3 is 1. The number of likely N-dealkylation sites (N-methyl/N-ethyl adjacent to an activating group) is 1. The summed E-state index contributed by atoms with van der Waals surface area (Å²) in [5, 5.41) is 2.82. The lowest BCUT2D eigenvalue weighted by Gasteiger charge is -2.48. The monoisotopic (exact) mass is 407 g/mol. The number of anilines is 2. The maximum Gasteiger partial charge on any atom is 0.337 e. The smallest absolute Gasteiger partial charge is 0.337 e. The number of rotatable bonds is 4. The first-order valence-corrected chi connectivity index (χ1v) is 9.68. The summed E-state index contributed by atoms with van der Waals surface area (Å²) in [6, 6.07) is 13.1. The van der Waals surface area contributed by atoms with Gasteiger partial charge in [-0.05, 0) is 43.3 Å². The van der Waals surface area contributed by atoms with E-state index in [0.29, 0.717) is 22.5 Å². The van der Waals surface area contributed by atoms with E-state index in [0.717, 1.165) is 0 Å². The van der Waals surface area contributed by atoms with Crippen molar-refractivity contribution in [3.8, 4) is 0 Å². The van der Waals surface area contributed by atoms with E-state index in [2.05, 4.69) is 10.1 Å². The van der Waals surface area contributed by atoms with Gasteiger partial charge >= 0.3 is 5.97 Å². The van der Waals surface area contributed by atoms with Crippen molar-refractivity contribution in [3.05, 3.63) is 59.7 Å². The normalized spacial score (nSPS) is 19.9. The van der Waals surface area contributed by atoms with Crippen LogP contribution in [0.2, 0.25) is 0 Å². The molecule has 0 spiro atoms. The summed E-state index contributed by atoms with van der Waals surface area (Å²) in [6.45, 7) is 2.05. The third kappa shape index (κ3) is 2.75. The Kier molecular flexibility index (Phi) is 4.77. The topological polar surface area (TPSA) is 96.0 Å². The first-order valence-electron chi connectivity index (χ1n) is 9.68. The molecule has 1 atom stereocenters. The SMILES string of the molecule is CCN1C(=O)c2ccccc2N2C(=O)CC[C@]12C(=O)Nc1ccc(C(=O)OC)cc1. The molecule has 1 N–H and O–H groups in total. The van der Waals surface area contributed by atoms with E-state index in [1.165, 1.54) is 29.0 Å². The highest BCUT2D eigenvalue weighted by atomic mass is 16.5. The van der Waals surface area contributed by atoms with Gasteiger partial charge in [0.2, 0.25) is 11.6 Å². The number of carbonyl (C=O) groups is 4. The molecule has 0 unspecified atom stereocenters. The number of hydrogen-bond donors (Lipinski definition) is 1. The molecular weight excluding hydrogens is 386 g/mol. The van der Waals surface area contributed by atoms with Gasteiger partial charge in [-0.2, -0.15) is 0 Å². The van der Waals surface area contributed by atoms with Gasteiger partial charge in [-0.15, -0.1) is 0 Å². The van der Waals surface area contributed by atoms with Gasteiger partial charge in [-0.1, -0.05) is 12.1 Å². The Labute approximate surface area is 173 Å². The molecule has 2 heterocycles. The predicted molar refractivity (Wildman–Crippen MR) is 109 cm³/mol. The van der Waals surface area contributed by atoms with Gasteiger partial charge in [0.15, 0.2) is 0 Å². The molecule has 30 heavy (non-hydrogen) atoms. The molecule has 0 saturated carbocycles. The zero-order chi connectivity index (χ0) is 21.5. The first-order chi connectivity index (χ1) is 14.4. The number of fused-ring (bicyclic) bond motifs is 3. The van der Waals surface area contributed by atoms with Crippen LogP contribution in [-0.4, -0.2) is 47.9 Å². The van der Waals surface area contributed by atoms with Crippen molar-refractivity contribution in [1.82, 2.24) is 4.90 Å². The number of hydrogen-bond acceptors (Lipinski definition) is 5. The zero-order valence-electron chi connectivity index (χ0n) is 16.7. The van der Waals surface area contributed by atoms with Crippen LogP contribution in [0, 0.1) is 0 Å². The van der Waals surface area contributed by atoms with Crippen molar-refractivity contribution in [2.75, 3.05) is 23.9 Å². The van der Waals surface area contributed by atoms with Crippen molar-refractivity contribution in [2.45, 2.75) is 25.4 Å². The fraction of sp³-hybridized carbons (Fsp3) is 0.273. The van der Waals surface area contributed by atoms with E-state index >= 15 is 0 Å². The Balaban J connectivity index is 1.73. The molecule has 0 aliphatic carbocycles. The Morgan fingerprint density at radius 2 is 1.80 bits per heavy atom. The molecule has 8 heteroatoms. The Morgan fingerprint density at radius 1 is 1.10 bits per heavy atom. The highest BCUT2D eigenvalue weighted by molar-refractivity contribution is 6.18. The Bertz CT molecular complexity index is 1050. The minimum atomic E-state index is -1.43. The number of nitrogens with zero attached hydrogens (tertiary/aromatic N) is 2. The summed E-state index contributed by atoms with van der Waals surface area (Å²) in [6.07, 6.45) is 0.360. The molecule has 2 aliphatic rings. The summed E-state index contributed by atoms with van der Waals surface area (Å²) in [4.78, 5) is 54.0. The average Bonchev–Trinajstić information content (AvgIpc) is 3.12. The molecule has 8 nitrogen and oxygen atoms in total. The lowest BCUT2D eigenvalue weighted by atomic mass is 9.95. The molecule has 2 aromatic rings. The predicted octanol–water partition coefficient (Wildman–Crippen LogP) is 2.41. The van der Waals surface area contributed by atoms with Gasteiger partial charge in [0.25, 0.3) is 11.8 Å². The van der Waals surface area contributed by atoms with Crippen LogP contribution in [0.15, 0.2) is 48.5 Å². The summed E-state index contributed by atoms with van der Waals surface area (Å²) in [5.74, 6) is -1.44. The maximum absolute atomic E-state index is 13.5. The molecular formula is C22H21N3O5. The molecule has 0 radical (unpaired) electrons. The van der Waals surface area contributed by atoms with Crippen LogP contribution < -0.4 is 10.2 Å². The van der Waals surface area contributed by atoms with Crippen LogP contribution in [0.3, 0.4) is 0 Å². The number of benzene rings is 2. The minimum absolute atomic E-state index is 0.160. The second-order valence-electron chi connectivity index (χ2n) is 7.14. The maximum atomic E-state index is 13.5. The molecule has 0 aromatic heterocycles. The van der Waals surface area contributed by atoms with Crippen molar-refractivity contribution < 1.29 is 23.9 Å². The summed E-state index contributed by atoms with van der Waals surface area (Å²) >= 11 is 0. The quantitative estimate of drug-likeness (QED) is 0.786. The number of ether oxygens (including phenoxy) is 1. The van der Waals surface area contributed by atoms with E-state index in [9.17, 15) is 19.2 Å². The van der Waals surface area contributed by atoms with Gasteiger partial charge in [-0.3, -0.25) is 19.3 Å². The number of esters is 1. The van der Waals surface area contributed by atoms with Gasteiger partial charge in [0.1, 0.15) is 0 Å². The van der Waals surface area contributed by atoms with E-state index in [1.807, 2.05) is 0 Å². The number of amides is 3. The van der Waals surface area contributed by atoms with E-state index in [-0.39, 0.29) is 31.2 Å². The van der Waals surface area contributed by atoms with Crippen LogP contribution >= 0.6 is 0 Å². The number of para-hydroxylation sites is 1. The third-order valence-corrected chi connectivity index (χ3v) is 5.62. The van der Waals surface area contributed by atoms with Gasteiger partial charge < -0.3 is 15.0 Å². The fourth-order valence-electron chi connectivity index (χ4n) is 4.24. The number of nitrogens with one attached hydrogen (secondary N) is 1. The Morgan fingerprint density at radius 3 is 2.47 bits per heavy atom. The number of carbonyl (C=O) groups excluding carboxylic acids is 4. The Hall–Kier alpha value is -3.68. The third-order valence-electron chi connectivity index (χ3n) is 5.62. The van der Waals surface area contributed by atoms with E-state index in [4.69, 9.17) is 0 Å². The summed E-state index contributed by atoms with van der Waals surface area (Å²) < 4.78 is 4.68. The average molecular weight is 407 g/mol. The van der Waals surface area contributed by atoms with Crippen molar-refractivity contribution in [3.63, 3.8) is 0 Å². The van der Waals surface area contributed by atoms with Crippen LogP contribution in [0.4, 0.5) is 11.4 Å². The second-order valence-corrected chi connectivity index (χ2v) is 7.14. The second kappa shape index (κ2) is 7.29. The van der Waals surface area contributed by atoms with Crippen molar-refractivity contribution >= 4 is 35.1 Å². The highest BCUT2D eigenvalue weighted by Crippen LogP contribution is 2.44. The van der Waals surface area contributed by atoms with Crippen molar-refractivity contribution in [1.29, 1.82) is 0 Å². The lowest BCUT2D eigenvalue weighted by Crippen LogP contribution is -2.69. The molecule has 0 bridgehead atoms. The standard InChI is InChI=1S/C22H21N3O5/c1-3-24-19(27)16-6-4-5-7-17(16)25-18(26)12-13-22(24,25)21(29)23-15-10-8-14(9-11-15)20(28)30-2/h4-11H,3,12-13H2,1-2H3,(H,23,29)/t22-/m0/s1. The van der Waals surface area contributed by atoms with Gasteiger partial charge in [0.05, 0.1) is 23.9 Å². The van der Waals surface area contributed by atoms with Crippen LogP contribution in [0.5, 0.6) is 0 Å². The van der Waals surface area contributed by atoms with Crippen LogP contribution in [0.1, 0.15) is 40.5 Å². The molecule has 154 valence electrons. The molecule has 1 fully saturated rings. The van der Waals surface area contributed by atoms with Crippen LogP contribution in [-0.2, 0) is 14.3 Å². The molecule has 2 aromatic carbocycles. The van der Waals surface area contributed by atoms with Gasteiger partial charge in [-0.25, -0.2) is 4.79 Å². The van der Waals surface area contributed by atoms with Gasteiger partial charge in [0, 0.05) is 25.1 Å². The highest BCUT2D eigenvalue weighted by Gasteiger charge is 2.60. The largest absolute Gasteiger partial charge is 0.465 e. The molecule has 3 amide bonds. The summed E-state index contributed by atoms with van der Waals surface area (Å²) in [5.41, 5.74) is 0.219.